The van der Waals surface area contributed by atoms with Gasteiger partial charge in [-0.3, -0.25) is 0 Å². The normalized spacial score (nSPS) is 10.5. The third kappa shape index (κ3) is 17.0. The van der Waals surface area contributed by atoms with Gasteiger partial charge < -0.3 is 12.4 Å². The summed E-state index contributed by atoms with van der Waals surface area (Å²) in [5.41, 5.74) is 0. The van der Waals surface area contributed by atoms with Crippen LogP contribution >= 0.6 is 0 Å². The van der Waals surface area contributed by atoms with Crippen LogP contribution < -0.4 is 12.4 Å². The van der Waals surface area contributed by atoms with Gasteiger partial charge in [-0.2, -0.15) is 0 Å². The van der Waals surface area contributed by atoms with Crippen LogP contribution in [0.1, 0.15) is 71.1 Å². The average molecular weight is 267 g/mol. The van der Waals surface area contributed by atoms with Gasteiger partial charge in [0, 0.05) is 0 Å². The van der Waals surface area contributed by atoms with Crippen LogP contribution in [-0.4, -0.2) is 18.3 Å². The molecule has 0 aliphatic heterocycles. The number of hydrogen-bond acceptors (Lipinski definition) is 0. The minimum absolute atomic E-state index is 0. The monoisotopic (exact) mass is 266 g/mol. The van der Waals surface area contributed by atoms with Crippen LogP contribution in [0.25, 0.3) is 0 Å². The van der Waals surface area contributed by atoms with Gasteiger partial charge in [0.05, 0.1) is 12.5 Å². The SMILES string of the molecule is CCCCCCCCCCCC[S+](C)C.[Cl-]. The Morgan fingerprint density at radius 1 is 0.625 bits per heavy atom. The fraction of sp³-hybridized carbons (Fsp3) is 1.00. The Morgan fingerprint density at radius 2 is 1.00 bits per heavy atom. The van der Waals surface area contributed by atoms with Crippen LogP contribution in [0.4, 0.5) is 0 Å². The van der Waals surface area contributed by atoms with Crippen LogP contribution in [0.3, 0.4) is 0 Å². The first-order valence-electron chi connectivity index (χ1n) is 6.81. The predicted octanol–water partition coefficient (Wildman–Crippen LogP) is 1.79. The van der Waals surface area contributed by atoms with E-state index in [1.807, 2.05) is 0 Å². The van der Waals surface area contributed by atoms with Gasteiger partial charge >= 0.3 is 0 Å². The van der Waals surface area contributed by atoms with Crippen molar-refractivity contribution in [2.45, 2.75) is 71.1 Å². The van der Waals surface area contributed by atoms with E-state index in [1.54, 1.807) is 0 Å². The number of halogens is 1. The Morgan fingerprint density at radius 3 is 1.38 bits per heavy atom. The zero-order valence-electron chi connectivity index (χ0n) is 11.6. The van der Waals surface area contributed by atoms with E-state index < -0.39 is 0 Å². The Kier molecular flexibility index (Phi) is 18.6. The van der Waals surface area contributed by atoms with E-state index in [9.17, 15) is 0 Å². The maximum atomic E-state index is 2.35. The maximum absolute atomic E-state index is 2.35. The van der Waals surface area contributed by atoms with E-state index in [-0.39, 0.29) is 12.4 Å². The lowest BCUT2D eigenvalue weighted by Gasteiger charge is -2.01. The second kappa shape index (κ2) is 15.6. The molecule has 0 amide bonds. The highest BCUT2D eigenvalue weighted by Gasteiger charge is 2.00. The first-order chi connectivity index (χ1) is 7.27. The third-order valence-corrected chi connectivity index (χ3v) is 4.01. The fourth-order valence-electron chi connectivity index (χ4n) is 1.88. The highest BCUT2D eigenvalue weighted by atomic mass is 35.5. The van der Waals surface area contributed by atoms with Gasteiger partial charge in [-0.05, 0) is 23.7 Å². The summed E-state index contributed by atoms with van der Waals surface area (Å²) in [6, 6.07) is 0. The Bertz CT molecular complexity index is 115. The molecule has 0 saturated heterocycles. The molecule has 100 valence electrons. The quantitative estimate of drug-likeness (QED) is 0.395. The first-order valence-corrected chi connectivity index (χ1v) is 9.02. The molecule has 0 aromatic rings. The first kappa shape index (κ1) is 19.0. The molecule has 0 rings (SSSR count). The predicted molar refractivity (Wildman–Crippen MR) is 75.9 cm³/mol. The summed E-state index contributed by atoms with van der Waals surface area (Å²) in [5, 5.41) is 0. The molecule has 0 unspecified atom stereocenters. The molecule has 0 heterocycles. The standard InChI is InChI=1S/C14H31S.ClH/c1-4-5-6-7-8-9-10-11-12-13-14-15(2)3;/h4-14H2,1-3H3;1H/q+1;/p-1. The fourth-order valence-corrected chi connectivity index (χ4v) is 2.66. The highest BCUT2D eigenvalue weighted by Crippen LogP contribution is 2.10. The van der Waals surface area contributed by atoms with E-state index in [4.69, 9.17) is 0 Å². The van der Waals surface area contributed by atoms with E-state index in [0.717, 1.165) is 0 Å². The second-order valence-electron chi connectivity index (χ2n) is 4.87. The van der Waals surface area contributed by atoms with E-state index >= 15 is 0 Å². The van der Waals surface area contributed by atoms with E-state index in [1.165, 1.54) is 70.0 Å². The van der Waals surface area contributed by atoms with Crippen LogP contribution in [-0.2, 0) is 10.9 Å². The molecule has 0 fully saturated rings. The molecule has 0 atom stereocenters. The van der Waals surface area contributed by atoms with E-state index in [0.29, 0.717) is 10.9 Å². The molecule has 0 N–H and O–H groups in total. The molecule has 2 heteroatoms. The topological polar surface area (TPSA) is 0 Å². The smallest absolute Gasteiger partial charge is 0.107 e. The van der Waals surface area contributed by atoms with Gasteiger partial charge in [0.1, 0.15) is 5.75 Å². The van der Waals surface area contributed by atoms with Crippen molar-refractivity contribution in [2.75, 3.05) is 18.3 Å². The molecular weight excluding hydrogens is 236 g/mol. The minimum atomic E-state index is 0. The van der Waals surface area contributed by atoms with Crippen molar-refractivity contribution in [1.29, 1.82) is 0 Å². The molecule has 0 bridgehead atoms. The summed E-state index contributed by atoms with van der Waals surface area (Å²) in [6.07, 6.45) is 19.3. The molecule has 0 spiro atoms. The molecule has 0 radical (unpaired) electrons. The number of unbranched alkanes of at least 4 members (excludes halogenated alkanes) is 9. The van der Waals surface area contributed by atoms with Crippen molar-refractivity contribution in [3.8, 4) is 0 Å². The maximum Gasteiger partial charge on any atom is 0.107 e. The molecule has 0 aliphatic carbocycles. The molecule has 0 aliphatic rings. The summed E-state index contributed by atoms with van der Waals surface area (Å²) < 4.78 is 0. The summed E-state index contributed by atoms with van der Waals surface area (Å²) >= 11 is 0. The Labute approximate surface area is 113 Å². The Balaban J connectivity index is 0. The van der Waals surface area contributed by atoms with Crippen LogP contribution in [0.2, 0.25) is 0 Å². The molecule has 16 heavy (non-hydrogen) atoms. The lowest BCUT2D eigenvalue weighted by Crippen LogP contribution is -3.00. The van der Waals surface area contributed by atoms with Gasteiger partial charge in [-0.15, -0.1) is 0 Å². The van der Waals surface area contributed by atoms with Gasteiger partial charge in [-0.1, -0.05) is 58.3 Å². The molecule has 0 saturated carbocycles. The number of hydrogen-bond donors (Lipinski definition) is 0. The second-order valence-corrected chi connectivity index (χ2v) is 7.25. The minimum Gasteiger partial charge on any atom is -1.00 e. The van der Waals surface area contributed by atoms with Crippen molar-refractivity contribution in [3.05, 3.63) is 0 Å². The van der Waals surface area contributed by atoms with Crippen LogP contribution in [0.15, 0.2) is 0 Å². The van der Waals surface area contributed by atoms with Crippen molar-refractivity contribution < 1.29 is 12.4 Å². The molecule has 0 aromatic heterocycles. The summed E-state index contributed by atoms with van der Waals surface area (Å²) in [7, 11) is 0.672. The van der Waals surface area contributed by atoms with Crippen LogP contribution in [0.5, 0.6) is 0 Å². The zero-order valence-corrected chi connectivity index (χ0v) is 13.1. The highest BCUT2D eigenvalue weighted by molar-refractivity contribution is 7.95. The largest absolute Gasteiger partial charge is 1.00 e. The summed E-state index contributed by atoms with van der Waals surface area (Å²) in [5.74, 6) is 1.45. The van der Waals surface area contributed by atoms with Crippen LogP contribution in [0, 0.1) is 0 Å². The summed E-state index contributed by atoms with van der Waals surface area (Å²) in [6.45, 7) is 2.29. The average Bonchev–Trinajstić information content (AvgIpc) is 2.20. The molecule has 0 aromatic carbocycles. The third-order valence-electron chi connectivity index (χ3n) is 2.91. The van der Waals surface area contributed by atoms with Crippen molar-refractivity contribution in [1.82, 2.24) is 0 Å². The molecular formula is C14H31ClS. The molecule has 0 nitrogen and oxygen atoms in total. The summed E-state index contributed by atoms with van der Waals surface area (Å²) in [4.78, 5) is 0. The van der Waals surface area contributed by atoms with Gasteiger partial charge in [-0.25, -0.2) is 0 Å². The number of rotatable bonds is 11. The van der Waals surface area contributed by atoms with Gasteiger partial charge in [0.25, 0.3) is 0 Å². The van der Waals surface area contributed by atoms with Crippen molar-refractivity contribution in [3.63, 3.8) is 0 Å². The van der Waals surface area contributed by atoms with E-state index in [2.05, 4.69) is 19.4 Å². The van der Waals surface area contributed by atoms with Crippen molar-refractivity contribution >= 4 is 10.9 Å². The zero-order chi connectivity index (χ0) is 11.4. The van der Waals surface area contributed by atoms with Gasteiger partial charge in [0.15, 0.2) is 0 Å². The van der Waals surface area contributed by atoms with Gasteiger partial charge in [0.2, 0.25) is 0 Å². The lowest BCUT2D eigenvalue weighted by atomic mass is 10.1. The lowest BCUT2D eigenvalue weighted by molar-refractivity contribution is -0.00000350. The van der Waals surface area contributed by atoms with Crippen molar-refractivity contribution in [2.24, 2.45) is 0 Å². The Hall–Kier alpha value is 0.640.